The van der Waals surface area contributed by atoms with Gasteiger partial charge in [-0.25, -0.2) is 4.79 Å². The SMILES string of the molecule is COC(=O)C(O)c1cn(C)nc1C(F)(F)F. The van der Waals surface area contributed by atoms with Crippen LogP contribution < -0.4 is 0 Å². The molecule has 0 bridgehead atoms. The summed E-state index contributed by atoms with van der Waals surface area (Å²) in [5.41, 5.74) is -1.92. The fraction of sp³-hybridized carbons (Fsp3) is 0.500. The van der Waals surface area contributed by atoms with Gasteiger partial charge in [-0.05, 0) is 0 Å². The standard InChI is InChI=1S/C8H9F3N2O3/c1-13-3-4(5(14)7(15)16-2)6(12-13)8(9,10)11/h3,5,14H,1-2H3. The summed E-state index contributed by atoms with van der Waals surface area (Å²) < 4.78 is 42.4. The van der Waals surface area contributed by atoms with Gasteiger partial charge in [0.2, 0.25) is 0 Å². The van der Waals surface area contributed by atoms with Gasteiger partial charge in [0.15, 0.2) is 11.8 Å². The highest BCUT2D eigenvalue weighted by Gasteiger charge is 2.40. The third kappa shape index (κ3) is 2.32. The van der Waals surface area contributed by atoms with Crippen LogP contribution in [0, 0.1) is 0 Å². The molecule has 90 valence electrons. The number of alkyl halides is 3. The fourth-order valence-corrected chi connectivity index (χ4v) is 1.17. The Labute approximate surface area is 88.4 Å². The van der Waals surface area contributed by atoms with Gasteiger partial charge in [0, 0.05) is 18.8 Å². The molecule has 0 radical (unpaired) electrons. The lowest BCUT2D eigenvalue weighted by Gasteiger charge is -2.09. The maximum Gasteiger partial charge on any atom is 0.435 e. The zero-order valence-electron chi connectivity index (χ0n) is 8.45. The molecule has 16 heavy (non-hydrogen) atoms. The number of esters is 1. The van der Waals surface area contributed by atoms with Crippen molar-refractivity contribution in [3.8, 4) is 0 Å². The van der Waals surface area contributed by atoms with Crippen LogP contribution in [0.4, 0.5) is 13.2 Å². The first-order valence-electron chi connectivity index (χ1n) is 4.14. The molecule has 0 aromatic carbocycles. The van der Waals surface area contributed by atoms with Crippen LogP contribution in [0.1, 0.15) is 17.4 Å². The highest BCUT2D eigenvalue weighted by atomic mass is 19.4. The molecular formula is C8H9F3N2O3. The molecule has 1 atom stereocenters. The van der Waals surface area contributed by atoms with Gasteiger partial charge < -0.3 is 9.84 Å². The average Bonchev–Trinajstić information content (AvgIpc) is 2.57. The second-order valence-corrected chi connectivity index (χ2v) is 3.03. The van der Waals surface area contributed by atoms with E-state index in [1.807, 2.05) is 0 Å². The maximum atomic E-state index is 12.5. The summed E-state index contributed by atoms with van der Waals surface area (Å²) in [7, 11) is 2.22. The first-order valence-corrected chi connectivity index (χ1v) is 4.14. The Kier molecular flexibility index (Phi) is 3.22. The van der Waals surface area contributed by atoms with Crippen LogP contribution in [-0.2, 0) is 22.8 Å². The van der Waals surface area contributed by atoms with Crippen molar-refractivity contribution in [2.24, 2.45) is 7.05 Å². The van der Waals surface area contributed by atoms with Crippen LogP contribution in [0.25, 0.3) is 0 Å². The van der Waals surface area contributed by atoms with Gasteiger partial charge in [-0.15, -0.1) is 0 Å². The summed E-state index contributed by atoms with van der Waals surface area (Å²) in [6, 6.07) is 0. The number of carbonyl (C=O) groups excluding carboxylic acids is 1. The smallest absolute Gasteiger partial charge is 0.435 e. The number of carbonyl (C=O) groups is 1. The molecule has 1 unspecified atom stereocenters. The molecule has 0 aliphatic heterocycles. The summed E-state index contributed by atoms with van der Waals surface area (Å²) in [5, 5.41) is 12.5. The van der Waals surface area contributed by atoms with E-state index in [1.165, 1.54) is 7.05 Å². The fourth-order valence-electron chi connectivity index (χ4n) is 1.17. The average molecular weight is 238 g/mol. The number of aliphatic hydroxyl groups excluding tert-OH is 1. The summed E-state index contributed by atoms with van der Waals surface area (Å²) >= 11 is 0. The third-order valence-corrected chi connectivity index (χ3v) is 1.84. The molecule has 0 aliphatic rings. The van der Waals surface area contributed by atoms with E-state index in [-0.39, 0.29) is 0 Å². The number of ether oxygens (including phenoxy) is 1. The predicted octanol–water partition coefficient (Wildman–Crippen LogP) is 0.645. The summed E-state index contributed by atoms with van der Waals surface area (Å²) in [6.45, 7) is 0. The Morgan fingerprint density at radius 2 is 2.19 bits per heavy atom. The Morgan fingerprint density at radius 3 is 2.62 bits per heavy atom. The van der Waals surface area contributed by atoms with Gasteiger partial charge in [-0.1, -0.05) is 0 Å². The van der Waals surface area contributed by atoms with E-state index in [0.29, 0.717) is 0 Å². The Hall–Kier alpha value is -1.57. The van der Waals surface area contributed by atoms with E-state index >= 15 is 0 Å². The zero-order chi connectivity index (χ0) is 12.5. The molecule has 0 saturated carbocycles. The quantitative estimate of drug-likeness (QED) is 0.768. The highest BCUT2D eigenvalue weighted by molar-refractivity contribution is 5.76. The third-order valence-electron chi connectivity index (χ3n) is 1.84. The van der Waals surface area contributed by atoms with E-state index in [2.05, 4.69) is 9.84 Å². The minimum absolute atomic E-state index is 0.623. The number of hydrogen-bond acceptors (Lipinski definition) is 4. The molecule has 1 N–H and O–H groups in total. The van der Waals surface area contributed by atoms with Gasteiger partial charge in [-0.3, -0.25) is 4.68 Å². The van der Waals surface area contributed by atoms with Crippen molar-refractivity contribution in [3.05, 3.63) is 17.5 Å². The van der Waals surface area contributed by atoms with E-state index in [0.717, 1.165) is 18.0 Å². The maximum absolute atomic E-state index is 12.5. The van der Waals surface area contributed by atoms with Crippen LogP contribution in [0.2, 0.25) is 0 Å². The normalized spacial score (nSPS) is 13.6. The van der Waals surface area contributed by atoms with Crippen LogP contribution >= 0.6 is 0 Å². The minimum atomic E-state index is -4.73. The molecule has 0 saturated heterocycles. The second-order valence-electron chi connectivity index (χ2n) is 3.03. The number of nitrogens with zero attached hydrogens (tertiary/aromatic N) is 2. The lowest BCUT2D eigenvalue weighted by atomic mass is 10.1. The number of halogens is 3. The van der Waals surface area contributed by atoms with Gasteiger partial charge in [-0.2, -0.15) is 18.3 Å². The molecule has 1 rings (SSSR count). The highest BCUT2D eigenvalue weighted by Crippen LogP contribution is 2.33. The summed E-state index contributed by atoms with van der Waals surface area (Å²) in [4.78, 5) is 10.9. The van der Waals surface area contributed by atoms with E-state index in [1.54, 1.807) is 0 Å². The molecule has 8 heteroatoms. The van der Waals surface area contributed by atoms with Gasteiger partial charge in [0.05, 0.1) is 7.11 Å². The molecule has 1 heterocycles. The number of aryl methyl sites for hydroxylation is 1. The molecule has 1 aromatic rings. The topological polar surface area (TPSA) is 64.3 Å². The lowest BCUT2D eigenvalue weighted by Crippen LogP contribution is -2.18. The van der Waals surface area contributed by atoms with Crippen LogP contribution in [0.5, 0.6) is 0 Å². The number of hydrogen-bond donors (Lipinski definition) is 1. The Balaban J connectivity index is 3.18. The molecule has 1 aromatic heterocycles. The van der Waals surface area contributed by atoms with Crippen LogP contribution in [0.3, 0.4) is 0 Å². The first kappa shape index (κ1) is 12.5. The summed E-state index contributed by atoms with van der Waals surface area (Å²) in [6.07, 6.45) is -5.80. The monoisotopic (exact) mass is 238 g/mol. The minimum Gasteiger partial charge on any atom is -0.467 e. The molecule has 0 amide bonds. The number of aromatic nitrogens is 2. The predicted molar refractivity (Wildman–Crippen MR) is 45.2 cm³/mol. The largest absolute Gasteiger partial charge is 0.467 e. The first-order chi connectivity index (χ1) is 7.27. The molecular weight excluding hydrogens is 229 g/mol. The molecule has 0 fully saturated rings. The lowest BCUT2D eigenvalue weighted by molar-refractivity contribution is -0.153. The van der Waals surface area contributed by atoms with Gasteiger partial charge in [0.25, 0.3) is 0 Å². The van der Waals surface area contributed by atoms with Crippen molar-refractivity contribution in [1.29, 1.82) is 0 Å². The van der Waals surface area contributed by atoms with Crippen molar-refractivity contribution in [3.63, 3.8) is 0 Å². The van der Waals surface area contributed by atoms with Crippen LogP contribution in [0.15, 0.2) is 6.20 Å². The Morgan fingerprint density at radius 1 is 1.62 bits per heavy atom. The van der Waals surface area contributed by atoms with E-state index in [4.69, 9.17) is 0 Å². The Bertz CT molecular complexity index is 400. The second kappa shape index (κ2) is 4.12. The number of methoxy groups -OCH3 is 1. The van der Waals surface area contributed by atoms with Crippen molar-refractivity contribution < 1.29 is 27.8 Å². The number of rotatable bonds is 2. The number of aliphatic hydroxyl groups is 1. The van der Waals surface area contributed by atoms with Crippen molar-refractivity contribution in [1.82, 2.24) is 9.78 Å². The van der Waals surface area contributed by atoms with E-state index < -0.39 is 29.5 Å². The molecule has 0 spiro atoms. The van der Waals surface area contributed by atoms with Crippen LogP contribution in [-0.4, -0.2) is 28.0 Å². The van der Waals surface area contributed by atoms with Crippen molar-refractivity contribution in [2.45, 2.75) is 12.3 Å². The molecule has 0 aliphatic carbocycles. The van der Waals surface area contributed by atoms with Crippen molar-refractivity contribution >= 4 is 5.97 Å². The van der Waals surface area contributed by atoms with E-state index in [9.17, 15) is 23.1 Å². The molecule has 5 nitrogen and oxygen atoms in total. The van der Waals surface area contributed by atoms with Gasteiger partial charge >= 0.3 is 12.1 Å². The van der Waals surface area contributed by atoms with Crippen molar-refractivity contribution in [2.75, 3.05) is 7.11 Å². The zero-order valence-corrected chi connectivity index (χ0v) is 8.45. The summed E-state index contributed by atoms with van der Waals surface area (Å²) in [5.74, 6) is -1.17. The van der Waals surface area contributed by atoms with Gasteiger partial charge in [0.1, 0.15) is 0 Å².